The van der Waals surface area contributed by atoms with E-state index < -0.39 is 0 Å². The summed E-state index contributed by atoms with van der Waals surface area (Å²) in [6, 6.07) is 2.15. The van der Waals surface area contributed by atoms with Crippen LogP contribution in [0.15, 0.2) is 32.4 Å². The Bertz CT molecular complexity index is 554. The Morgan fingerprint density at radius 3 is 2.82 bits per heavy atom. The maximum atomic E-state index is 4.26. The minimum atomic E-state index is 0. The normalized spacial score (nSPS) is 11.1. The molecule has 122 valence electrons. The molecule has 0 bridgehead atoms. The first kappa shape index (κ1) is 19.7. The van der Waals surface area contributed by atoms with Gasteiger partial charge in [0.25, 0.3) is 0 Å². The van der Waals surface area contributed by atoms with E-state index in [-0.39, 0.29) is 24.0 Å². The van der Waals surface area contributed by atoms with Gasteiger partial charge in [-0.2, -0.15) is 0 Å². The molecule has 2 rings (SSSR count). The lowest BCUT2D eigenvalue weighted by atomic mass is 10.3. The van der Waals surface area contributed by atoms with E-state index in [9.17, 15) is 0 Å². The number of nitrogens with zero attached hydrogens (tertiary/aromatic N) is 2. The van der Waals surface area contributed by atoms with Gasteiger partial charge in [0.2, 0.25) is 0 Å². The van der Waals surface area contributed by atoms with Gasteiger partial charge >= 0.3 is 0 Å². The van der Waals surface area contributed by atoms with Crippen LogP contribution in [0, 0.1) is 6.92 Å². The molecule has 0 saturated heterocycles. The number of aromatic nitrogens is 1. The highest BCUT2D eigenvalue weighted by Crippen LogP contribution is 2.20. The zero-order valence-electron chi connectivity index (χ0n) is 12.7. The van der Waals surface area contributed by atoms with Crippen LogP contribution in [0.3, 0.4) is 0 Å². The second-order valence-corrected chi connectivity index (χ2v) is 7.62. The average Bonchev–Trinajstić information content (AvgIpc) is 3.14. The Morgan fingerprint density at radius 2 is 2.18 bits per heavy atom. The van der Waals surface area contributed by atoms with Crippen molar-refractivity contribution < 1.29 is 0 Å². The van der Waals surface area contributed by atoms with Gasteiger partial charge in [-0.05, 0) is 30.4 Å². The van der Waals surface area contributed by atoms with Crippen molar-refractivity contribution in [1.82, 2.24) is 15.6 Å². The fraction of sp³-hybridized carbons (Fsp3) is 0.429. The van der Waals surface area contributed by atoms with Gasteiger partial charge in [-0.3, -0.25) is 4.99 Å². The van der Waals surface area contributed by atoms with Gasteiger partial charge in [-0.15, -0.1) is 46.7 Å². The van der Waals surface area contributed by atoms with E-state index in [1.54, 1.807) is 29.7 Å². The molecule has 0 radical (unpaired) electrons. The molecule has 0 aliphatic heterocycles. The Morgan fingerprint density at radius 1 is 1.32 bits per heavy atom. The summed E-state index contributed by atoms with van der Waals surface area (Å²) in [5.74, 6) is 1.93. The van der Waals surface area contributed by atoms with Crippen LogP contribution in [0.4, 0.5) is 0 Å². The van der Waals surface area contributed by atoms with Crippen LogP contribution in [0.1, 0.15) is 16.9 Å². The summed E-state index contributed by atoms with van der Waals surface area (Å²) in [7, 11) is 1.81. The number of hydrogen-bond acceptors (Lipinski definition) is 5. The smallest absolute Gasteiger partial charge is 0.191 e. The number of thiophene rings is 1. The maximum Gasteiger partial charge on any atom is 0.191 e. The Kier molecular flexibility index (Phi) is 10.1. The number of thioether (sulfide) groups is 1. The van der Waals surface area contributed by atoms with Gasteiger partial charge in [0.1, 0.15) is 4.34 Å². The first-order valence-corrected chi connectivity index (χ1v) is 9.54. The summed E-state index contributed by atoms with van der Waals surface area (Å²) < 4.78 is 1.14. The van der Waals surface area contributed by atoms with Crippen molar-refractivity contribution in [2.75, 3.05) is 19.3 Å². The minimum absolute atomic E-state index is 0. The molecule has 0 atom stereocenters. The van der Waals surface area contributed by atoms with Crippen molar-refractivity contribution in [3.8, 4) is 0 Å². The molecule has 0 fully saturated rings. The molecular formula is C14H21IN4S3. The fourth-order valence-corrected chi connectivity index (χ4v) is 4.18. The van der Waals surface area contributed by atoms with Gasteiger partial charge in [-0.25, -0.2) is 4.98 Å². The molecule has 22 heavy (non-hydrogen) atoms. The van der Waals surface area contributed by atoms with E-state index >= 15 is 0 Å². The highest BCUT2D eigenvalue weighted by molar-refractivity contribution is 14.0. The first-order chi connectivity index (χ1) is 10.3. The van der Waals surface area contributed by atoms with E-state index in [0.29, 0.717) is 0 Å². The van der Waals surface area contributed by atoms with Gasteiger partial charge in [0.05, 0.1) is 6.54 Å². The Labute approximate surface area is 161 Å². The fourth-order valence-electron chi connectivity index (χ4n) is 1.69. The zero-order chi connectivity index (χ0) is 14.9. The summed E-state index contributed by atoms with van der Waals surface area (Å²) in [4.78, 5) is 9.86. The third-order valence-corrected chi connectivity index (χ3v) is 5.93. The molecule has 2 aromatic rings. The Balaban J connectivity index is 0.00000242. The molecule has 0 saturated carbocycles. The molecule has 0 aliphatic rings. The molecule has 0 unspecified atom stereocenters. The quantitative estimate of drug-likeness (QED) is 0.212. The molecule has 0 amide bonds. The molecular weight excluding hydrogens is 447 g/mol. The van der Waals surface area contributed by atoms with Crippen LogP contribution in [-0.4, -0.2) is 30.3 Å². The van der Waals surface area contributed by atoms with E-state index in [0.717, 1.165) is 35.6 Å². The van der Waals surface area contributed by atoms with Crippen molar-refractivity contribution >= 4 is 64.4 Å². The van der Waals surface area contributed by atoms with E-state index in [1.165, 1.54) is 10.4 Å². The second-order valence-electron chi connectivity index (χ2n) is 4.38. The number of halogens is 1. The van der Waals surface area contributed by atoms with Crippen LogP contribution in [0.5, 0.6) is 0 Å². The van der Waals surface area contributed by atoms with Crippen LogP contribution >= 0.6 is 58.4 Å². The lowest BCUT2D eigenvalue weighted by Gasteiger charge is -2.11. The third-order valence-electron chi connectivity index (χ3n) is 2.86. The van der Waals surface area contributed by atoms with Crippen molar-refractivity contribution in [3.05, 3.63) is 33.5 Å². The predicted octanol–water partition coefficient (Wildman–Crippen LogP) is 3.98. The lowest BCUT2D eigenvalue weighted by molar-refractivity contribution is 0.788. The SMILES string of the molecule is CN=C(NCCCSc1nccs1)NCc1sccc1C.I. The number of thiazole rings is 1. The van der Waals surface area contributed by atoms with Gasteiger partial charge in [0.15, 0.2) is 5.96 Å². The van der Waals surface area contributed by atoms with Crippen LogP contribution < -0.4 is 10.6 Å². The lowest BCUT2D eigenvalue weighted by Crippen LogP contribution is -2.37. The molecule has 2 heterocycles. The first-order valence-electron chi connectivity index (χ1n) is 6.79. The molecule has 0 aromatic carbocycles. The highest BCUT2D eigenvalue weighted by atomic mass is 127. The van der Waals surface area contributed by atoms with Crippen molar-refractivity contribution in [3.63, 3.8) is 0 Å². The molecule has 2 aromatic heterocycles. The van der Waals surface area contributed by atoms with Crippen LogP contribution in [-0.2, 0) is 6.54 Å². The maximum absolute atomic E-state index is 4.26. The number of nitrogens with one attached hydrogen (secondary N) is 2. The van der Waals surface area contributed by atoms with Crippen molar-refractivity contribution in [2.45, 2.75) is 24.2 Å². The second kappa shape index (κ2) is 11.3. The number of hydrogen-bond donors (Lipinski definition) is 2. The zero-order valence-corrected chi connectivity index (χ0v) is 17.4. The molecule has 0 aliphatic carbocycles. The minimum Gasteiger partial charge on any atom is -0.356 e. The summed E-state index contributed by atoms with van der Waals surface area (Å²) in [5, 5.41) is 10.8. The number of aryl methyl sites for hydroxylation is 1. The summed E-state index contributed by atoms with van der Waals surface area (Å²) in [6.45, 7) is 3.89. The summed E-state index contributed by atoms with van der Waals surface area (Å²) in [6.07, 6.45) is 2.94. The van der Waals surface area contributed by atoms with Crippen LogP contribution in [0.25, 0.3) is 0 Å². The third kappa shape index (κ3) is 6.84. The van der Waals surface area contributed by atoms with Gasteiger partial charge in [0, 0.05) is 35.8 Å². The standard InChI is InChI=1S/C14H20N4S3.HI/c1-11-4-8-19-12(11)10-18-13(15-2)16-5-3-7-20-14-17-6-9-21-14;/h4,6,8-9H,3,5,7,10H2,1-2H3,(H2,15,16,18);1H. The molecule has 8 heteroatoms. The number of guanidine groups is 1. The molecule has 0 spiro atoms. The van der Waals surface area contributed by atoms with Crippen molar-refractivity contribution in [2.24, 2.45) is 4.99 Å². The van der Waals surface area contributed by atoms with E-state index in [4.69, 9.17) is 0 Å². The largest absolute Gasteiger partial charge is 0.356 e. The molecule has 2 N–H and O–H groups in total. The number of rotatable bonds is 7. The van der Waals surface area contributed by atoms with Gasteiger partial charge < -0.3 is 10.6 Å². The summed E-state index contributed by atoms with van der Waals surface area (Å²) >= 11 is 5.28. The van der Waals surface area contributed by atoms with Crippen LogP contribution in [0.2, 0.25) is 0 Å². The topological polar surface area (TPSA) is 49.3 Å². The molecule has 4 nitrogen and oxygen atoms in total. The predicted molar refractivity (Wildman–Crippen MR) is 110 cm³/mol. The van der Waals surface area contributed by atoms with Crippen molar-refractivity contribution in [1.29, 1.82) is 0 Å². The summed E-state index contributed by atoms with van der Waals surface area (Å²) in [5.41, 5.74) is 1.34. The van der Waals surface area contributed by atoms with E-state index in [1.807, 2.05) is 23.3 Å². The monoisotopic (exact) mass is 468 g/mol. The Hall–Kier alpha value is -0.320. The highest BCUT2D eigenvalue weighted by Gasteiger charge is 2.02. The van der Waals surface area contributed by atoms with E-state index in [2.05, 4.69) is 39.0 Å². The van der Waals surface area contributed by atoms with Gasteiger partial charge in [-0.1, -0.05) is 11.8 Å². The number of aliphatic imine (C=N–C) groups is 1. The average molecular weight is 468 g/mol.